The lowest BCUT2D eigenvalue weighted by Gasteiger charge is -2.37. The van der Waals surface area contributed by atoms with E-state index in [0.29, 0.717) is 5.41 Å². The van der Waals surface area contributed by atoms with E-state index in [2.05, 4.69) is 36.5 Å². The van der Waals surface area contributed by atoms with Gasteiger partial charge in [0.05, 0.1) is 15.2 Å². The van der Waals surface area contributed by atoms with Crippen molar-refractivity contribution in [2.24, 2.45) is 17.3 Å². The molecule has 2 saturated carbocycles. The van der Waals surface area contributed by atoms with Gasteiger partial charge in [0.1, 0.15) is 0 Å². The third-order valence-electron chi connectivity index (χ3n) is 5.67. The molecule has 4 rings (SSSR count). The molecule has 1 heterocycles. The predicted molar refractivity (Wildman–Crippen MR) is 89.7 cm³/mol. The molecular weight excluding hydrogens is 276 g/mol. The highest BCUT2D eigenvalue weighted by Crippen LogP contribution is 2.57. The maximum absolute atomic E-state index is 4.90. The minimum absolute atomic E-state index is 0.479. The number of benzene rings is 1. The summed E-state index contributed by atoms with van der Waals surface area (Å²) in [5, 5.41) is 5.00. The fourth-order valence-corrected chi connectivity index (χ4v) is 5.85. The number of thiazole rings is 1. The van der Waals surface area contributed by atoms with Gasteiger partial charge >= 0.3 is 0 Å². The van der Waals surface area contributed by atoms with Gasteiger partial charge in [-0.25, -0.2) is 4.98 Å². The molecule has 2 aliphatic carbocycles. The monoisotopic (exact) mass is 300 g/mol. The number of para-hydroxylation sites is 1. The first-order valence-electron chi connectivity index (χ1n) is 8.34. The molecule has 0 amide bonds. The van der Waals surface area contributed by atoms with Gasteiger partial charge in [-0.3, -0.25) is 0 Å². The van der Waals surface area contributed by atoms with Crippen molar-refractivity contribution in [3.8, 4) is 0 Å². The first kappa shape index (κ1) is 13.7. The summed E-state index contributed by atoms with van der Waals surface area (Å²) in [5.41, 5.74) is 1.66. The first-order chi connectivity index (χ1) is 10.3. The maximum Gasteiger partial charge on any atom is 0.0944 e. The summed E-state index contributed by atoms with van der Waals surface area (Å²) in [6.45, 7) is 4.48. The molecule has 0 aliphatic heterocycles. The number of rotatable bonds is 5. The molecule has 1 N–H and O–H groups in total. The first-order valence-corrected chi connectivity index (χ1v) is 9.16. The van der Waals surface area contributed by atoms with E-state index in [0.717, 1.165) is 18.4 Å². The van der Waals surface area contributed by atoms with Crippen LogP contribution in [0.3, 0.4) is 0 Å². The Hall–Kier alpha value is -0.930. The van der Waals surface area contributed by atoms with Gasteiger partial charge in [0.2, 0.25) is 0 Å². The topological polar surface area (TPSA) is 24.9 Å². The Kier molecular flexibility index (Phi) is 3.50. The summed E-state index contributed by atoms with van der Waals surface area (Å²) in [5.74, 6) is 1.91. The minimum atomic E-state index is 0.479. The van der Waals surface area contributed by atoms with Crippen LogP contribution in [0.2, 0.25) is 0 Å². The summed E-state index contributed by atoms with van der Waals surface area (Å²) in [4.78, 5) is 4.90. The molecular formula is C18H24N2S. The van der Waals surface area contributed by atoms with E-state index in [1.54, 1.807) is 0 Å². The molecule has 2 fully saturated rings. The smallest absolute Gasteiger partial charge is 0.0944 e. The number of nitrogens with zero attached hydrogens (tertiary/aromatic N) is 1. The van der Waals surface area contributed by atoms with Gasteiger partial charge in [0.25, 0.3) is 0 Å². The van der Waals surface area contributed by atoms with Crippen molar-refractivity contribution in [3.63, 3.8) is 0 Å². The van der Waals surface area contributed by atoms with E-state index in [1.807, 2.05) is 11.3 Å². The van der Waals surface area contributed by atoms with Gasteiger partial charge in [-0.2, -0.15) is 0 Å². The molecule has 2 aromatic rings. The third kappa shape index (κ3) is 2.40. The van der Waals surface area contributed by atoms with E-state index >= 15 is 0 Å². The van der Waals surface area contributed by atoms with Gasteiger partial charge in [0, 0.05) is 13.0 Å². The van der Waals surface area contributed by atoms with E-state index in [4.69, 9.17) is 4.98 Å². The molecule has 112 valence electrons. The van der Waals surface area contributed by atoms with E-state index < -0.39 is 0 Å². The fourth-order valence-electron chi connectivity index (χ4n) is 4.72. The van der Waals surface area contributed by atoms with Crippen molar-refractivity contribution in [3.05, 3.63) is 29.3 Å². The van der Waals surface area contributed by atoms with Gasteiger partial charge in [-0.15, -0.1) is 11.3 Å². The largest absolute Gasteiger partial charge is 0.316 e. The van der Waals surface area contributed by atoms with Crippen LogP contribution >= 0.6 is 11.3 Å². The van der Waals surface area contributed by atoms with Crippen LogP contribution in [0.15, 0.2) is 24.3 Å². The molecule has 21 heavy (non-hydrogen) atoms. The van der Waals surface area contributed by atoms with E-state index in [-0.39, 0.29) is 0 Å². The zero-order valence-corrected chi connectivity index (χ0v) is 13.6. The number of hydrogen-bond acceptors (Lipinski definition) is 3. The molecule has 0 spiro atoms. The Morgan fingerprint density at radius 3 is 2.95 bits per heavy atom. The molecule has 2 nitrogen and oxygen atoms in total. The van der Waals surface area contributed by atoms with Crippen LogP contribution in [0.5, 0.6) is 0 Å². The molecule has 2 bridgehead atoms. The predicted octanol–water partition coefficient (Wildman–Crippen LogP) is 4.25. The second-order valence-electron chi connectivity index (χ2n) is 6.97. The lowest BCUT2D eigenvalue weighted by atomic mass is 9.71. The highest BCUT2D eigenvalue weighted by Gasteiger charge is 2.50. The molecule has 3 unspecified atom stereocenters. The zero-order valence-electron chi connectivity index (χ0n) is 12.8. The van der Waals surface area contributed by atoms with Crippen LogP contribution < -0.4 is 5.32 Å². The van der Waals surface area contributed by atoms with Gasteiger partial charge < -0.3 is 5.32 Å². The van der Waals surface area contributed by atoms with Crippen molar-refractivity contribution >= 4 is 21.6 Å². The zero-order chi connectivity index (χ0) is 14.3. The lowest BCUT2D eigenvalue weighted by molar-refractivity contribution is 0.157. The number of aromatic nitrogens is 1. The van der Waals surface area contributed by atoms with E-state index in [9.17, 15) is 0 Å². The summed E-state index contributed by atoms with van der Waals surface area (Å²) in [6, 6.07) is 8.56. The second kappa shape index (κ2) is 5.36. The summed E-state index contributed by atoms with van der Waals surface area (Å²) >= 11 is 1.90. The average molecular weight is 300 g/mol. The quantitative estimate of drug-likeness (QED) is 0.892. The van der Waals surface area contributed by atoms with Crippen LogP contribution in [0.25, 0.3) is 10.2 Å². The third-order valence-corrected chi connectivity index (χ3v) is 6.71. The van der Waals surface area contributed by atoms with Crippen LogP contribution in [0.4, 0.5) is 0 Å². The maximum atomic E-state index is 4.90. The molecule has 2 aliphatic rings. The van der Waals surface area contributed by atoms with Crippen LogP contribution in [0.1, 0.15) is 37.6 Å². The molecule has 0 saturated heterocycles. The van der Waals surface area contributed by atoms with Crippen molar-refractivity contribution in [1.82, 2.24) is 10.3 Å². The molecule has 0 radical (unpaired) electrons. The van der Waals surface area contributed by atoms with Crippen LogP contribution in [-0.4, -0.2) is 18.1 Å². The summed E-state index contributed by atoms with van der Waals surface area (Å²) < 4.78 is 1.34. The fraction of sp³-hybridized carbons (Fsp3) is 0.611. The molecule has 1 aromatic carbocycles. The Labute approximate surface area is 131 Å². The number of hydrogen-bond donors (Lipinski definition) is 1. The standard InChI is InChI=1S/C18H24N2S/c1-2-19-12-18(10-13-7-8-14(18)9-13)11-17-20-15-5-3-4-6-16(15)21-17/h3-6,13-14,19H,2,7-12H2,1H3. The second-order valence-corrected chi connectivity index (χ2v) is 8.09. The van der Waals surface area contributed by atoms with Crippen molar-refractivity contribution in [2.45, 2.75) is 39.0 Å². The van der Waals surface area contributed by atoms with Crippen molar-refractivity contribution < 1.29 is 0 Å². The Morgan fingerprint density at radius 2 is 2.24 bits per heavy atom. The van der Waals surface area contributed by atoms with Gasteiger partial charge in [-0.05, 0) is 55.2 Å². The number of nitrogens with one attached hydrogen (secondary N) is 1. The normalized spacial score (nSPS) is 31.3. The lowest BCUT2D eigenvalue weighted by Crippen LogP contribution is -2.40. The van der Waals surface area contributed by atoms with Gasteiger partial charge in [0.15, 0.2) is 0 Å². The Balaban J connectivity index is 1.62. The average Bonchev–Trinajstić information content (AvgIpc) is 3.18. The number of fused-ring (bicyclic) bond motifs is 3. The Bertz CT molecular complexity index is 602. The van der Waals surface area contributed by atoms with Crippen LogP contribution in [-0.2, 0) is 6.42 Å². The minimum Gasteiger partial charge on any atom is -0.316 e. The Morgan fingerprint density at radius 1 is 1.33 bits per heavy atom. The van der Waals surface area contributed by atoms with E-state index in [1.165, 1.54) is 53.9 Å². The summed E-state index contributed by atoms with van der Waals surface area (Å²) in [7, 11) is 0. The molecule has 3 heteroatoms. The van der Waals surface area contributed by atoms with Crippen molar-refractivity contribution in [1.29, 1.82) is 0 Å². The SMILES string of the molecule is CCNCC1(Cc2nc3ccccc3s2)CC2CCC1C2. The molecule has 3 atom stereocenters. The highest BCUT2D eigenvalue weighted by molar-refractivity contribution is 7.18. The summed E-state index contributed by atoms with van der Waals surface area (Å²) in [6.07, 6.45) is 6.98. The van der Waals surface area contributed by atoms with Crippen molar-refractivity contribution in [2.75, 3.05) is 13.1 Å². The van der Waals surface area contributed by atoms with Gasteiger partial charge in [-0.1, -0.05) is 25.5 Å². The molecule has 1 aromatic heterocycles. The highest BCUT2D eigenvalue weighted by atomic mass is 32.1. The van der Waals surface area contributed by atoms with Crippen LogP contribution in [0, 0.1) is 17.3 Å².